The van der Waals surface area contributed by atoms with E-state index in [1.54, 1.807) is 12.2 Å². The molecular weight excluding hydrogens is 466 g/mol. The van der Waals surface area contributed by atoms with Crippen LogP contribution in [0.5, 0.6) is 0 Å². The average molecular weight is 506 g/mol. The number of benzene rings is 2. The molecule has 0 amide bonds. The lowest BCUT2D eigenvalue weighted by Crippen LogP contribution is -1.96. The van der Waals surface area contributed by atoms with Crippen LogP contribution in [0.4, 0.5) is 5.69 Å². The van der Waals surface area contributed by atoms with Gasteiger partial charge in [0.15, 0.2) is 0 Å². The highest BCUT2D eigenvalue weighted by molar-refractivity contribution is 7.20. The smallest absolute Gasteiger partial charge is 0.0384 e. The normalized spacial score (nSPS) is 11.5. The van der Waals surface area contributed by atoms with Crippen molar-refractivity contribution in [1.29, 1.82) is 0 Å². The summed E-state index contributed by atoms with van der Waals surface area (Å²) in [6.07, 6.45) is 19.7. The van der Waals surface area contributed by atoms with Crippen LogP contribution in [0.25, 0.3) is 27.3 Å². The molecule has 2 aromatic carbocycles. The molecule has 0 aliphatic rings. The first-order valence-corrected chi connectivity index (χ1v) is 13.2. The third kappa shape index (κ3) is 9.59. The van der Waals surface area contributed by atoms with Gasteiger partial charge in [-0.15, -0.1) is 11.3 Å². The summed E-state index contributed by atoms with van der Waals surface area (Å²) in [5.74, 6) is 0. The van der Waals surface area contributed by atoms with E-state index in [1.165, 1.54) is 37.2 Å². The Bertz CT molecular complexity index is 1360. The van der Waals surface area contributed by atoms with Gasteiger partial charge in [0, 0.05) is 21.0 Å². The summed E-state index contributed by atoms with van der Waals surface area (Å²) in [5.41, 5.74) is 8.21. The van der Waals surface area contributed by atoms with Crippen molar-refractivity contribution in [2.45, 2.75) is 34.6 Å². The van der Waals surface area contributed by atoms with Crippen molar-refractivity contribution in [2.24, 2.45) is 0 Å². The van der Waals surface area contributed by atoms with Crippen LogP contribution >= 0.6 is 11.3 Å². The van der Waals surface area contributed by atoms with E-state index in [0.29, 0.717) is 0 Å². The van der Waals surface area contributed by atoms with Gasteiger partial charge in [-0.1, -0.05) is 91.6 Å². The van der Waals surface area contributed by atoms with Crippen LogP contribution in [0.3, 0.4) is 0 Å². The van der Waals surface area contributed by atoms with Crippen LogP contribution < -0.4 is 5.32 Å². The van der Waals surface area contributed by atoms with Crippen molar-refractivity contribution in [3.63, 3.8) is 0 Å². The zero-order valence-electron chi connectivity index (χ0n) is 22.8. The summed E-state index contributed by atoms with van der Waals surface area (Å²) in [4.78, 5) is 1.30. The molecule has 190 valence electrons. The van der Waals surface area contributed by atoms with Gasteiger partial charge in [0.05, 0.1) is 0 Å². The fourth-order valence-corrected chi connectivity index (χ4v) is 4.58. The van der Waals surface area contributed by atoms with Gasteiger partial charge in [-0.25, -0.2) is 0 Å². The second-order valence-electron chi connectivity index (χ2n) is 8.91. The first kappa shape index (κ1) is 29.4. The van der Waals surface area contributed by atoms with Crippen molar-refractivity contribution >= 4 is 33.2 Å². The molecule has 0 aliphatic carbocycles. The lowest BCUT2D eigenvalue weighted by molar-refractivity contribution is 1.39. The molecule has 37 heavy (non-hydrogen) atoms. The summed E-state index contributed by atoms with van der Waals surface area (Å²) in [7, 11) is 0. The number of anilines is 1. The molecule has 0 bridgehead atoms. The van der Waals surface area contributed by atoms with E-state index < -0.39 is 0 Å². The summed E-state index contributed by atoms with van der Waals surface area (Å²) < 4.78 is 1.32. The second kappa shape index (κ2) is 15.3. The molecule has 2 heteroatoms. The zero-order valence-corrected chi connectivity index (χ0v) is 23.7. The molecule has 0 saturated carbocycles. The molecular formula is C35H39NS. The van der Waals surface area contributed by atoms with Crippen LogP contribution in [-0.4, -0.2) is 0 Å². The van der Waals surface area contributed by atoms with E-state index >= 15 is 0 Å². The number of hydrogen-bond acceptors (Lipinski definition) is 2. The van der Waals surface area contributed by atoms with E-state index in [9.17, 15) is 0 Å². The molecule has 0 fully saturated rings. The number of hydrogen-bond donors (Lipinski definition) is 1. The number of allylic oxidation sites excluding steroid dienone is 11. The van der Waals surface area contributed by atoms with Crippen LogP contribution in [-0.2, 0) is 0 Å². The molecule has 1 aromatic heterocycles. The van der Waals surface area contributed by atoms with E-state index in [-0.39, 0.29) is 0 Å². The van der Waals surface area contributed by atoms with Gasteiger partial charge >= 0.3 is 0 Å². The summed E-state index contributed by atoms with van der Waals surface area (Å²) in [5, 5.41) is 4.73. The minimum absolute atomic E-state index is 1.01. The van der Waals surface area contributed by atoms with E-state index in [2.05, 4.69) is 100 Å². The first-order chi connectivity index (χ1) is 17.8. The van der Waals surface area contributed by atoms with Crippen LogP contribution in [0, 0.1) is 6.92 Å². The van der Waals surface area contributed by atoms with Gasteiger partial charge < -0.3 is 5.32 Å². The molecule has 1 nitrogen and oxygen atoms in total. The number of rotatable bonds is 9. The molecule has 0 aliphatic heterocycles. The van der Waals surface area contributed by atoms with E-state index in [4.69, 9.17) is 0 Å². The Morgan fingerprint density at radius 2 is 1.57 bits per heavy atom. The van der Waals surface area contributed by atoms with Gasteiger partial charge in [0.1, 0.15) is 0 Å². The maximum absolute atomic E-state index is 3.95. The van der Waals surface area contributed by atoms with Gasteiger partial charge in [0.2, 0.25) is 0 Å². The maximum atomic E-state index is 3.95. The van der Waals surface area contributed by atoms with Crippen molar-refractivity contribution in [3.8, 4) is 11.1 Å². The summed E-state index contributed by atoms with van der Waals surface area (Å²) in [6.45, 7) is 21.6. The molecule has 0 spiro atoms. The lowest BCUT2D eigenvalue weighted by atomic mass is 10.0. The molecule has 1 N–H and O–H groups in total. The Kier molecular flexibility index (Phi) is 12.1. The minimum Gasteiger partial charge on any atom is -0.356 e. The quantitative estimate of drug-likeness (QED) is 0.285. The molecule has 0 atom stereocenters. The number of thiophene rings is 1. The van der Waals surface area contributed by atoms with Crippen molar-refractivity contribution in [3.05, 3.63) is 144 Å². The fraction of sp³-hybridized carbons (Fsp3) is 0.143. The maximum Gasteiger partial charge on any atom is 0.0384 e. The number of aryl methyl sites for hydroxylation is 1. The Morgan fingerprint density at radius 3 is 2.16 bits per heavy atom. The average Bonchev–Trinajstić information content (AvgIpc) is 3.19. The predicted octanol–water partition coefficient (Wildman–Crippen LogP) is 11.2. The third-order valence-corrected chi connectivity index (χ3v) is 6.56. The number of nitrogens with one attached hydrogen (secondary N) is 1. The van der Waals surface area contributed by atoms with Crippen LogP contribution in [0.1, 0.15) is 38.1 Å². The topological polar surface area (TPSA) is 12.0 Å². The SMILES string of the molecule is C=C/C=C(\C=C/C)Nc1ccc(-c2ccc3sc(/C=C\C(=C)C)c(C)c3c2)cc1.C=C/C=C\C=C(C)C. The monoisotopic (exact) mass is 505 g/mol. The Balaban J connectivity index is 0.000000521. The van der Waals surface area contributed by atoms with Gasteiger partial charge in [0.25, 0.3) is 0 Å². The Hall–Kier alpha value is -3.88. The van der Waals surface area contributed by atoms with Gasteiger partial charge in [-0.05, 0) is 99.2 Å². The fourth-order valence-electron chi connectivity index (χ4n) is 3.48. The Labute approximate surface area is 228 Å². The Morgan fingerprint density at radius 1 is 0.865 bits per heavy atom. The lowest BCUT2D eigenvalue weighted by Gasteiger charge is -2.09. The summed E-state index contributed by atoms with van der Waals surface area (Å²) in [6, 6.07) is 15.3. The standard InChI is InChI=1S/C27H27NS.C8H12/c1-6-8-23(9-7-2)28-24-14-11-21(12-15-24)22-13-17-27-25(18-22)20(5)26(29-27)16-10-19(3)4;1-4-5-6-7-8(2)3/h6-18,28H,1,3H2,2,4-5H3;4-7H,1H2,2-3H3/b9-7-,16-10-,23-8+;6-5-. The van der Waals surface area contributed by atoms with E-state index in [0.717, 1.165) is 17.0 Å². The summed E-state index contributed by atoms with van der Waals surface area (Å²) >= 11 is 1.83. The first-order valence-electron chi connectivity index (χ1n) is 12.4. The number of fused-ring (bicyclic) bond motifs is 1. The molecule has 0 radical (unpaired) electrons. The van der Waals surface area contributed by atoms with Gasteiger partial charge in [-0.2, -0.15) is 0 Å². The minimum atomic E-state index is 1.01. The highest BCUT2D eigenvalue weighted by Gasteiger charge is 2.08. The van der Waals surface area contributed by atoms with Crippen molar-refractivity contribution < 1.29 is 0 Å². The second-order valence-corrected chi connectivity index (χ2v) is 9.99. The predicted molar refractivity (Wildman–Crippen MR) is 171 cm³/mol. The third-order valence-electron chi connectivity index (χ3n) is 5.32. The highest BCUT2D eigenvalue weighted by Crippen LogP contribution is 2.35. The molecule has 3 rings (SSSR count). The van der Waals surface area contributed by atoms with E-state index in [1.807, 2.05) is 61.6 Å². The zero-order chi connectivity index (χ0) is 27.2. The molecule has 0 saturated heterocycles. The van der Waals surface area contributed by atoms with Crippen LogP contribution in [0.15, 0.2) is 134 Å². The van der Waals surface area contributed by atoms with Crippen molar-refractivity contribution in [2.75, 3.05) is 5.32 Å². The highest BCUT2D eigenvalue weighted by atomic mass is 32.1. The largest absolute Gasteiger partial charge is 0.356 e. The van der Waals surface area contributed by atoms with Crippen molar-refractivity contribution in [1.82, 2.24) is 0 Å². The molecule has 3 aromatic rings. The van der Waals surface area contributed by atoms with Crippen LogP contribution in [0.2, 0.25) is 0 Å². The molecule has 0 unspecified atom stereocenters. The van der Waals surface area contributed by atoms with Gasteiger partial charge in [-0.3, -0.25) is 0 Å². The molecule has 1 heterocycles.